The fraction of sp³-hybridized carbons (Fsp3) is 0.190. The maximum Gasteiger partial charge on any atom is 0.416 e. The molecule has 0 unspecified atom stereocenters. The van der Waals surface area contributed by atoms with Crippen LogP contribution in [0.1, 0.15) is 21.5 Å². The Morgan fingerprint density at radius 1 is 1.09 bits per heavy atom. The standard InChI is InChI=1S/C21H15F3N2O5S/c22-21(23,24)14-4-2-13(3-5-14)18(27)25-7-8-26-19(28)17(32-20(26)29)10-12-1-6-15-16(9-12)31-11-30-15/h1-6,9-10H,7-8,11H2,(H,25,27). The molecule has 2 heterocycles. The number of ether oxygens (including phenoxy) is 2. The van der Waals surface area contributed by atoms with E-state index >= 15 is 0 Å². The number of carbonyl (C=O) groups excluding carboxylic acids is 3. The Morgan fingerprint density at radius 2 is 1.81 bits per heavy atom. The SMILES string of the molecule is O=C(NCCN1C(=O)SC(=Cc2ccc3c(c2)OCO3)C1=O)c1ccc(C(F)(F)F)cc1. The number of hydrogen-bond donors (Lipinski definition) is 1. The lowest BCUT2D eigenvalue weighted by atomic mass is 10.1. The van der Waals surface area contributed by atoms with Crippen LogP contribution in [-0.4, -0.2) is 41.8 Å². The van der Waals surface area contributed by atoms with E-state index in [0.29, 0.717) is 17.1 Å². The van der Waals surface area contributed by atoms with Gasteiger partial charge in [-0.3, -0.25) is 19.3 Å². The largest absolute Gasteiger partial charge is 0.454 e. The monoisotopic (exact) mass is 464 g/mol. The summed E-state index contributed by atoms with van der Waals surface area (Å²) in [4.78, 5) is 38.1. The molecule has 0 saturated carbocycles. The van der Waals surface area contributed by atoms with Crippen LogP contribution in [0.15, 0.2) is 47.4 Å². The van der Waals surface area contributed by atoms with Gasteiger partial charge in [-0.05, 0) is 59.8 Å². The van der Waals surface area contributed by atoms with Gasteiger partial charge in [0.15, 0.2) is 11.5 Å². The molecule has 3 amide bonds. The van der Waals surface area contributed by atoms with Crippen LogP contribution in [-0.2, 0) is 11.0 Å². The molecule has 0 spiro atoms. The first-order valence-corrected chi connectivity index (χ1v) is 10.1. The Kier molecular flexibility index (Phi) is 5.83. The molecule has 7 nitrogen and oxygen atoms in total. The number of fused-ring (bicyclic) bond motifs is 1. The quantitative estimate of drug-likeness (QED) is 0.676. The summed E-state index contributed by atoms with van der Waals surface area (Å²) in [6.45, 7) is -0.00177. The third kappa shape index (κ3) is 4.57. The summed E-state index contributed by atoms with van der Waals surface area (Å²) in [6.07, 6.45) is -2.93. The zero-order chi connectivity index (χ0) is 22.9. The van der Waals surface area contributed by atoms with Crippen LogP contribution in [0.2, 0.25) is 0 Å². The Labute approximate surface area is 184 Å². The number of thioether (sulfide) groups is 1. The molecule has 1 N–H and O–H groups in total. The van der Waals surface area contributed by atoms with Gasteiger partial charge < -0.3 is 14.8 Å². The lowest BCUT2D eigenvalue weighted by Gasteiger charge is -2.13. The Hall–Kier alpha value is -3.47. The summed E-state index contributed by atoms with van der Waals surface area (Å²) < 4.78 is 48.4. The summed E-state index contributed by atoms with van der Waals surface area (Å²) in [5, 5.41) is 2.01. The van der Waals surface area contributed by atoms with E-state index < -0.39 is 28.8 Å². The second kappa shape index (κ2) is 8.58. The molecule has 0 aromatic heterocycles. The van der Waals surface area contributed by atoms with Crippen molar-refractivity contribution in [3.8, 4) is 11.5 Å². The molecule has 2 aromatic carbocycles. The number of hydrogen-bond acceptors (Lipinski definition) is 6. The van der Waals surface area contributed by atoms with Crippen molar-refractivity contribution >= 4 is 34.9 Å². The van der Waals surface area contributed by atoms with Gasteiger partial charge in [-0.2, -0.15) is 13.2 Å². The molecule has 0 radical (unpaired) electrons. The van der Waals surface area contributed by atoms with E-state index in [1.54, 1.807) is 24.3 Å². The van der Waals surface area contributed by atoms with Crippen molar-refractivity contribution in [2.45, 2.75) is 6.18 Å². The molecule has 0 atom stereocenters. The number of imide groups is 1. The predicted octanol–water partition coefficient (Wildman–Crippen LogP) is 3.90. The maximum absolute atomic E-state index is 12.6. The van der Waals surface area contributed by atoms with Gasteiger partial charge in [-0.15, -0.1) is 0 Å². The number of rotatable bonds is 5. The highest BCUT2D eigenvalue weighted by Gasteiger charge is 2.35. The topological polar surface area (TPSA) is 84.9 Å². The summed E-state index contributed by atoms with van der Waals surface area (Å²) >= 11 is 0.776. The van der Waals surface area contributed by atoms with Crippen molar-refractivity contribution in [3.05, 3.63) is 64.1 Å². The summed E-state index contributed by atoms with van der Waals surface area (Å²) in [5.74, 6) is 0.0334. The summed E-state index contributed by atoms with van der Waals surface area (Å²) in [6, 6.07) is 8.87. The second-order valence-corrected chi connectivity index (χ2v) is 7.77. The molecule has 2 aromatic rings. The summed E-state index contributed by atoms with van der Waals surface area (Å²) in [5.41, 5.74) is -0.161. The number of benzene rings is 2. The molecule has 32 heavy (non-hydrogen) atoms. The van der Waals surface area contributed by atoms with Crippen LogP contribution < -0.4 is 14.8 Å². The smallest absolute Gasteiger partial charge is 0.416 e. The van der Waals surface area contributed by atoms with Crippen molar-refractivity contribution < 1.29 is 37.0 Å². The Balaban J connectivity index is 1.34. The van der Waals surface area contributed by atoms with Crippen LogP contribution >= 0.6 is 11.8 Å². The van der Waals surface area contributed by atoms with Crippen LogP contribution in [0.25, 0.3) is 6.08 Å². The van der Waals surface area contributed by atoms with Crippen LogP contribution in [0.3, 0.4) is 0 Å². The van der Waals surface area contributed by atoms with E-state index in [1.165, 1.54) is 0 Å². The van der Waals surface area contributed by atoms with E-state index in [9.17, 15) is 27.6 Å². The second-order valence-electron chi connectivity index (χ2n) is 6.78. The van der Waals surface area contributed by atoms with Crippen molar-refractivity contribution in [1.29, 1.82) is 0 Å². The van der Waals surface area contributed by atoms with Crippen molar-refractivity contribution in [2.24, 2.45) is 0 Å². The molecule has 1 fully saturated rings. The lowest BCUT2D eigenvalue weighted by molar-refractivity contribution is -0.137. The van der Waals surface area contributed by atoms with Gasteiger partial charge >= 0.3 is 6.18 Å². The van der Waals surface area contributed by atoms with E-state index in [1.807, 2.05) is 0 Å². The first-order valence-electron chi connectivity index (χ1n) is 9.33. The minimum atomic E-state index is -4.49. The minimum absolute atomic E-state index is 0.0369. The highest BCUT2D eigenvalue weighted by molar-refractivity contribution is 8.18. The van der Waals surface area contributed by atoms with E-state index in [-0.39, 0.29) is 30.4 Å². The van der Waals surface area contributed by atoms with E-state index in [0.717, 1.165) is 40.9 Å². The van der Waals surface area contributed by atoms with Gasteiger partial charge in [-0.25, -0.2) is 0 Å². The molecule has 0 aliphatic carbocycles. The number of halogens is 3. The van der Waals surface area contributed by atoms with Gasteiger partial charge in [0, 0.05) is 18.7 Å². The number of amides is 3. The van der Waals surface area contributed by atoms with Crippen molar-refractivity contribution in [3.63, 3.8) is 0 Å². The van der Waals surface area contributed by atoms with Gasteiger partial charge in [0.2, 0.25) is 6.79 Å². The molecule has 2 aliphatic rings. The molecule has 11 heteroatoms. The normalized spacial score (nSPS) is 16.7. The third-order valence-corrected chi connectivity index (χ3v) is 5.57. The molecular weight excluding hydrogens is 449 g/mol. The zero-order valence-electron chi connectivity index (χ0n) is 16.3. The molecule has 4 rings (SSSR count). The Bertz CT molecular complexity index is 1120. The number of nitrogens with one attached hydrogen (secondary N) is 1. The molecular formula is C21H15F3N2O5S. The fourth-order valence-electron chi connectivity index (χ4n) is 3.04. The van der Waals surface area contributed by atoms with E-state index in [4.69, 9.17) is 9.47 Å². The molecule has 0 bridgehead atoms. The highest BCUT2D eigenvalue weighted by atomic mass is 32.2. The number of nitrogens with zero attached hydrogens (tertiary/aromatic N) is 1. The summed E-state index contributed by atoms with van der Waals surface area (Å²) in [7, 11) is 0. The first-order chi connectivity index (χ1) is 15.2. The van der Waals surface area contributed by atoms with Crippen LogP contribution in [0.5, 0.6) is 11.5 Å². The number of carbonyl (C=O) groups is 3. The highest BCUT2D eigenvalue weighted by Crippen LogP contribution is 2.36. The average Bonchev–Trinajstić information content (AvgIpc) is 3.32. The van der Waals surface area contributed by atoms with Crippen molar-refractivity contribution in [1.82, 2.24) is 10.2 Å². The number of alkyl halides is 3. The fourth-order valence-corrected chi connectivity index (χ4v) is 3.91. The van der Waals surface area contributed by atoms with Crippen molar-refractivity contribution in [2.75, 3.05) is 19.9 Å². The lowest BCUT2D eigenvalue weighted by Crippen LogP contribution is -2.37. The molecule has 2 aliphatic heterocycles. The minimum Gasteiger partial charge on any atom is -0.454 e. The molecule has 166 valence electrons. The third-order valence-electron chi connectivity index (χ3n) is 4.66. The van der Waals surface area contributed by atoms with Gasteiger partial charge in [0.1, 0.15) is 0 Å². The van der Waals surface area contributed by atoms with Crippen LogP contribution in [0.4, 0.5) is 18.0 Å². The average molecular weight is 464 g/mol. The molecule has 1 saturated heterocycles. The van der Waals surface area contributed by atoms with E-state index in [2.05, 4.69) is 5.32 Å². The maximum atomic E-state index is 12.6. The zero-order valence-corrected chi connectivity index (χ0v) is 17.1. The predicted molar refractivity (Wildman–Crippen MR) is 109 cm³/mol. The first kappa shape index (κ1) is 21.8. The van der Waals surface area contributed by atoms with Gasteiger partial charge in [0.05, 0.1) is 10.5 Å². The Morgan fingerprint density at radius 3 is 2.53 bits per heavy atom. The van der Waals surface area contributed by atoms with Crippen LogP contribution in [0, 0.1) is 0 Å². The van der Waals surface area contributed by atoms with Gasteiger partial charge in [0.25, 0.3) is 17.1 Å². The van der Waals surface area contributed by atoms with Gasteiger partial charge in [-0.1, -0.05) is 6.07 Å².